The molecule has 3 rings (SSSR count). The van der Waals surface area contributed by atoms with E-state index in [1.54, 1.807) is 49.4 Å². The Hall–Kier alpha value is -3.65. The maximum absolute atomic E-state index is 13.9. The first-order valence-corrected chi connectivity index (χ1v) is 14.8. The van der Waals surface area contributed by atoms with E-state index in [1.807, 2.05) is 58.0 Å². The minimum Gasteiger partial charge on any atom is -0.354 e. The third-order valence-corrected chi connectivity index (χ3v) is 8.44. The van der Waals surface area contributed by atoms with Crippen LogP contribution in [0.4, 0.5) is 5.69 Å². The lowest BCUT2D eigenvalue weighted by Crippen LogP contribution is -2.51. The topological polar surface area (TPSA) is 86.8 Å². The van der Waals surface area contributed by atoms with Crippen molar-refractivity contribution in [3.8, 4) is 0 Å². The van der Waals surface area contributed by atoms with Crippen molar-refractivity contribution in [2.24, 2.45) is 0 Å². The van der Waals surface area contributed by atoms with Gasteiger partial charge in [-0.1, -0.05) is 73.0 Å². The summed E-state index contributed by atoms with van der Waals surface area (Å²) in [7, 11) is -4.07. The van der Waals surface area contributed by atoms with E-state index in [1.165, 1.54) is 4.90 Å². The van der Waals surface area contributed by atoms with Crippen LogP contribution in [0.25, 0.3) is 0 Å². The van der Waals surface area contributed by atoms with E-state index in [0.29, 0.717) is 12.2 Å². The Morgan fingerprint density at radius 2 is 1.49 bits per heavy atom. The molecule has 8 heteroatoms. The molecule has 1 atom stereocenters. The molecule has 0 radical (unpaired) electrons. The predicted molar refractivity (Wildman–Crippen MR) is 156 cm³/mol. The van der Waals surface area contributed by atoms with Crippen LogP contribution in [0.3, 0.4) is 0 Å². The Morgan fingerprint density at radius 1 is 0.872 bits per heavy atom. The second-order valence-corrected chi connectivity index (χ2v) is 11.9. The average Bonchev–Trinajstić information content (AvgIpc) is 2.91. The van der Waals surface area contributed by atoms with Gasteiger partial charge in [-0.25, -0.2) is 8.42 Å². The van der Waals surface area contributed by atoms with Crippen LogP contribution in [0.5, 0.6) is 0 Å². The van der Waals surface area contributed by atoms with Gasteiger partial charge in [-0.3, -0.25) is 13.9 Å². The first-order valence-electron chi connectivity index (χ1n) is 13.3. The molecular weight excluding hydrogens is 510 g/mol. The number of benzene rings is 3. The number of nitrogens with one attached hydrogen (secondary N) is 1. The van der Waals surface area contributed by atoms with Gasteiger partial charge in [0, 0.05) is 13.1 Å². The number of sulfonamides is 1. The van der Waals surface area contributed by atoms with E-state index in [-0.39, 0.29) is 17.3 Å². The quantitative estimate of drug-likeness (QED) is 0.317. The lowest BCUT2D eigenvalue weighted by molar-refractivity contribution is -0.139. The number of nitrogens with zero attached hydrogens (tertiary/aromatic N) is 2. The molecule has 39 heavy (non-hydrogen) atoms. The SMILES string of the molecule is CCCCNC(=O)[C@H](C)N(Cc1ccc(C)cc1)C(=O)CN(c1cccc(C)c1)S(=O)(=O)c1ccc(C)cc1. The summed E-state index contributed by atoms with van der Waals surface area (Å²) in [5.41, 5.74) is 4.12. The highest BCUT2D eigenvalue weighted by molar-refractivity contribution is 7.92. The summed E-state index contributed by atoms with van der Waals surface area (Å²) in [5.74, 6) is -0.738. The number of carbonyl (C=O) groups is 2. The molecule has 0 fully saturated rings. The maximum Gasteiger partial charge on any atom is 0.264 e. The van der Waals surface area contributed by atoms with E-state index in [2.05, 4.69) is 5.32 Å². The fourth-order valence-corrected chi connectivity index (χ4v) is 5.56. The van der Waals surface area contributed by atoms with E-state index in [9.17, 15) is 18.0 Å². The van der Waals surface area contributed by atoms with Crippen molar-refractivity contribution in [2.75, 3.05) is 17.4 Å². The summed E-state index contributed by atoms with van der Waals surface area (Å²) >= 11 is 0. The van der Waals surface area contributed by atoms with Crippen LogP contribution in [-0.2, 0) is 26.2 Å². The Balaban J connectivity index is 1.99. The first kappa shape index (κ1) is 29.9. The largest absolute Gasteiger partial charge is 0.354 e. The van der Waals surface area contributed by atoms with Gasteiger partial charge in [0.2, 0.25) is 11.8 Å². The van der Waals surface area contributed by atoms with Crippen molar-refractivity contribution < 1.29 is 18.0 Å². The van der Waals surface area contributed by atoms with Crippen LogP contribution in [-0.4, -0.2) is 44.3 Å². The highest BCUT2D eigenvalue weighted by Crippen LogP contribution is 2.25. The molecule has 0 aromatic heterocycles. The smallest absolute Gasteiger partial charge is 0.264 e. The molecule has 0 aliphatic rings. The van der Waals surface area contributed by atoms with E-state index in [4.69, 9.17) is 0 Å². The van der Waals surface area contributed by atoms with Crippen molar-refractivity contribution in [3.05, 3.63) is 95.1 Å². The Kier molecular flexibility index (Phi) is 10.3. The molecule has 0 aliphatic heterocycles. The number of hydrogen-bond acceptors (Lipinski definition) is 4. The standard InChI is InChI=1S/C31H39N3O4S/c1-6-7-19-32-31(36)26(5)33(21-27-15-11-23(2)12-16-27)30(35)22-34(28-10-8-9-25(4)20-28)39(37,38)29-17-13-24(3)14-18-29/h8-18,20,26H,6-7,19,21-22H2,1-5H3,(H,32,36)/t26-/m0/s1. The molecule has 1 N–H and O–H groups in total. The molecule has 2 amide bonds. The molecule has 0 spiro atoms. The van der Waals surface area contributed by atoms with Gasteiger partial charge in [0.1, 0.15) is 12.6 Å². The molecule has 0 unspecified atom stereocenters. The van der Waals surface area contributed by atoms with Gasteiger partial charge >= 0.3 is 0 Å². The molecule has 3 aromatic rings. The summed E-state index contributed by atoms with van der Waals surface area (Å²) in [6.45, 7) is 9.69. The van der Waals surface area contributed by atoms with Crippen molar-refractivity contribution in [1.82, 2.24) is 10.2 Å². The van der Waals surface area contributed by atoms with Crippen LogP contribution in [0, 0.1) is 20.8 Å². The minimum absolute atomic E-state index is 0.0952. The van der Waals surface area contributed by atoms with Gasteiger partial charge < -0.3 is 10.2 Å². The van der Waals surface area contributed by atoms with Gasteiger partial charge in [-0.05, 0) is 69.5 Å². The molecular formula is C31H39N3O4S. The highest BCUT2D eigenvalue weighted by Gasteiger charge is 2.32. The second kappa shape index (κ2) is 13.4. The van der Waals surface area contributed by atoms with E-state index >= 15 is 0 Å². The average molecular weight is 550 g/mol. The molecule has 0 heterocycles. The van der Waals surface area contributed by atoms with Crippen LogP contribution >= 0.6 is 0 Å². The summed E-state index contributed by atoms with van der Waals surface area (Å²) in [4.78, 5) is 28.5. The molecule has 0 aliphatic carbocycles. The fourth-order valence-electron chi connectivity index (χ4n) is 4.16. The summed E-state index contributed by atoms with van der Waals surface area (Å²) in [6.07, 6.45) is 1.77. The predicted octanol–water partition coefficient (Wildman–Crippen LogP) is 5.14. The van der Waals surface area contributed by atoms with Crippen LogP contribution < -0.4 is 9.62 Å². The van der Waals surface area contributed by atoms with Gasteiger partial charge in [-0.15, -0.1) is 0 Å². The minimum atomic E-state index is -4.07. The van der Waals surface area contributed by atoms with Crippen molar-refractivity contribution >= 4 is 27.5 Å². The van der Waals surface area contributed by atoms with Gasteiger partial charge in [0.25, 0.3) is 10.0 Å². The summed E-state index contributed by atoms with van der Waals surface area (Å²) in [5, 5.41) is 2.90. The normalized spacial score (nSPS) is 12.0. The number of anilines is 1. The number of rotatable bonds is 12. The fraction of sp³-hybridized carbons (Fsp3) is 0.355. The highest BCUT2D eigenvalue weighted by atomic mass is 32.2. The Labute approximate surface area is 232 Å². The zero-order valence-corrected chi connectivity index (χ0v) is 24.3. The number of amides is 2. The zero-order valence-electron chi connectivity index (χ0n) is 23.5. The number of carbonyl (C=O) groups excluding carboxylic acids is 2. The summed E-state index contributed by atoms with van der Waals surface area (Å²) in [6, 6.07) is 20.5. The number of aryl methyl sites for hydroxylation is 3. The molecule has 0 bridgehead atoms. The van der Waals surface area contributed by atoms with Gasteiger partial charge in [-0.2, -0.15) is 0 Å². The van der Waals surface area contributed by atoms with Crippen molar-refractivity contribution in [2.45, 2.75) is 64.9 Å². The first-order chi connectivity index (χ1) is 18.5. The van der Waals surface area contributed by atoms with Crippen LogP contribution in [0.2, 0.25) is 0 Å². The third-order valence-electron chi connectivity index (χ3n) is 6.65. The Bertz CT molecular complexity index is 1370. The lowest BCUT2D eigenvalue weighted by atomic mass is 10.1. The molecule has 0 saturated heterocycles. The molecule has 7 nitrogen and oxygen atoms in total. The third kappa shape index (κ3) is 7.93. The van der Waals surface area contributed by atoms with Crippen LogP contribution in [0.15, 0.2) is 77.7 Å². The zero-order chi connectivity index (χ0) is 28.6. The van der Waals surface area contributed by atoms with Crippen molar-refractivity contribution in [1.29, 1.82) is 0 Å². The molecule has 208 valence electrons. The maximum atomic E-state index is 13.9. The number of hydrogen-bond donors (Lipinski definition) is 1. The van der Waals surface area contributed by atoms with Gasteiger partial charge in [0.05, 0.1) is 10.6 Å². The lowest BCUT2D eigenvalue weighted by Gasteiger charge is -2.32. The monoisotopic (exact) mass is 549 g/mol. The van der Waals surface area contributed by atoms with Crippen molar-refractivity contribution in [3.63, 3.8) is 0 Å². The van der Waals surface area contributed by atoms with Crippen LogP contribution in [0.1, 0.15) is 48.9 Å². The molecule has 0 saturated carbocycles. The van der Waals surface area contributed by atoms with E-state index in [0.717, 1.165) is 39.4 Å². The Morgan fingerprint density at radius 3 is 2.08 bits per heavy atom. The van der Waals surface area contributed by atoms with Gasteiger partial charge in [0.15, 0.2) is 0 Å². The molecule has 3 aromatic carbocycles. The number of unbranched alkanes of at least 4 members (excludes halogenated alkanes) is 1. The second-order valence-electron chi connectivity index (χ2n) is 9.99. The summed E-state index contributed by atoms with van der Waals surface area (Å²) < 4.78 is 28.9. The van der Waals surface area contributed by atoms with E-state index < -0.39 is 28.5 Å².